The number of fused-ring (bicyclic) bond motifs is 1. The highest BCUT2D eigenvalue weighted by molar-refractivity contribution is 7.16. The highest BCUT2D eigenvalue weighted by atomic mass is 32.1. The Bertz CT molecular complexity index is 758. The smallest absolute Gasteiger partial charge is 0.234 e. The Kier molecular flexibility index (Phi) is 3.11. The van der Waals surface area contributed by atoms with E-state index in [1.807, 2.05) is 16.6 Å². The van der Waals surface area contributed by atoms with E-state index in [-0.39, 0.29) is 0 Å². The van der Waals surface area contributed by atoms with Crippen LogP contribution in [-0.4, -0.2) is 26.4 Å². The van der Waals surface area contributed by atoms with Crippen LogP contribution in [0.5, 0.6) is 5.75 Å². The largest absolute Gasteiger partial charge is 0.493 e. The molecule has 0 saturated heterocycles. The molecule has 0 amide bonds. The number of ether oxygens (including phenoxy) is 1. The molecule has 1 saturated carbocycles. The summed E-state index contributed by atoms with van der Waals surface area (Å²) in [5.74, 6) is 2.49. The van der Waals surface area contributed by atoms with Crippen molar-refractivity contribution in [3.05, 3.63) is 40.7 Å². The summed E-state index contributed by atoms with van der Waals surface area (Å²) in [7, 11) is 0. The van der Waals surface area contributed by atoms with Gasteiger partial charge in [-0.25, -0.2) is 0 Å². The topological polar surface area (TPSA) is 52.3 Å². The Morgan fingerprint density at radius 2 is 2.05 bits per heavy atom. The lowest BCUT2D eigenvalue weighted by molar-refractivity contribution is 0.321. The van der Waals surface area contributed by atoms with Crippen molar-refractivity contribution in [2.45, 2.75) is 32.1 Å². The maximum Gasteiger partial charge on any atom is 0.234 e. The first kappa shape index (κ1) is 12.8. The molecule has 5 nitrogen and oxygen atoms in total. The minimum Gasteiger partial charge on any atom is -0.493 e. The Morgan fingerprint density at radius 3 is 2.81 bits per heavy atom. The average Bonchev–Trinajstić information content (AvgIpc) is 3.12. The normalized spacial score (nSPS) is 14.7. The van der Waals surface area contributed by atoms with E-state index in [0.29, 0.717) is 12.5 Å². The fourth-order valence-corrected chi connectivity index (χ4v) is 3.08. The van der Waals surface area contributed by atoms with Crippen molar-refractivity contribution in [2.24, 2.45) is 0 Å². The van der Waals surface area contributed by atoms with Crippen molar-refractivity contribution in [1.82, 2.24) is 19.8 Å². The van der Waals surface area contributed by atoms with Gasteiger partial charge in [0.15, 0.2) is 5.82 Å². The number of hydrogen-bond acceptors (Lipinski definition) is 5. The van der Waals surface area contributed by atoms with Crippen molar-refractivity contribution in [1.29, 1.82) is 0 Å². The molecule has 0 aliphatic heterocycles. The van der Waals surface area contributed by atoms with E-state index in [4.69, 9.17) is 4.74 Å². The molecule has 4 rings (SSSR count). The predicted octanol–water partition coefficient (Wildman–Crippen LogP) is 2.99. The quantitative estimate of drug-likeness (QED) is 0.727. The Balaban J connectivity index is 1.41. The molecule has 0 bridgehead atoms. The summed E-state index contributed by atoms with van der Waals surface area (Å²) in [6, 6.07) is 8.11. The van der Waals surface area contributed by atoms with E-state index >= 15 is 0 Å². The third-order valence-electron chi connectivity index (χ3n) is 3.60. The van der Waals surface area contributed by atoms with E-state index in [1.54, 1.807) is 11.3 Å². The minimum absolute atomic E-state index is 0.568. The minimum atomic E-state index is 0.568. The fourth-order valence-electron chi connectivity index (χ4n) is 2.26. The first-order valence-electron chi connectivity index (χ1n) is 7.20. The summed E-state index contributed by atoms with van der Waals surface area (Å²) >= 11 is 1.60. The van der Waals surface area contributed by atoms with Crippen LogP contribution in [0.3, 0.4) is 0 Å². The van der Waals surface area contributed by atoms with Gasteiger partial charge in [-0.3, -0.25) is 0 Å². The van der Waals surface area contributed by atoms with Crippen LogP contribution in [0, 0.1) is 6.92 Å². The molecule has 0 unspecified atom stereocenters. The molecule has 1 aliphatic carbocycles. The zero-order chi connectivity index (χ0) is 14.2. The van der Waals surface area contributed by atoms with Crippen molar-refractivity contribution in [3.63, 3.8) is 0 Å². The zero-order valence-electron chi connectivity index (χ0n) is 11.8. The van der Waals surface area contributed by atoms with Crippen LogP contribution < -0.4 is 4.74 Å². The van der Waals surface area contributed by atoms with Crippen LogP contribution in [-0.2, 0) is 6.42 Å². The summed E-state index contributed by atoms with van der Waals surface area (Å²) in [5, 5.41) is 14.1. The van der Waals surface area contributed by atoms with E-state index in [1.165, 1.54) is 18.4 Å². The maximum atomic E-state index is 5.75. The number of rotatable bonds is 5. The Morgan fingerprint density at radius 1 is 1.24 bits per heavy atom. The number of aromatic nitrogens is 4. The second kappa shape index (κ2) is 5.11. The number of nitrogens with zero attached hydrogens (tertiary/aromatic N) is 4. The molecule has 1 aromatic carbocycles. The molecule has 108 valence electrons. The van der Waals surface area contributed by atoms with E-state index in [2.05, 4.69) is 34.4 Å². The Hall–Kier alpha value is -1.95. The van der Waals surface area contributed by atoms with Crippen LogP contribution >= 0.6 is 11.3 Å². The van der Waals surface area contributed by atoms with Crippen LogP contribution in [0.4, 0.5) is 0 Å². The lowest BCUT2D eigenvalue weighted by atomic mass is 10.2. The molecule has 1 aliphatic rings. The number of hydrogen-bond donors (Lipinski definition) is 0. The van der Waals surface area contributed by atoms with Gasteiger partial charge in [-0.15, -0.1) is 10.2 Å². The summed E-state index contributed by atoms with van der Waals surface area (Å²) in [4.78, 5) is 0.891. The molecule has 21 heavy (non-hydrogen) atoms. The van der Waals surface area contributed by atoms with Crippen molar-refractivity contribution >= 4 is 16.3 Å². The van der Waals surface area contributed by atoms with Crippen LogP contribution in [0.25, 0.3) is 4.96 Å². The monoisotopic (exact) mass is 300 g/mol. The first-order valence-corrected chi connectivity index (χ1v) is 8.02. The SMILES string of the molecule is Cc1ccc(OCCc2nn3c(C4CC4)nnc3s2)cc1. The summed E-state index contributed by atoms with van der Waals surface area (Å²) in [6.07, 6.45) is 3.22. The molecule has 3 aromatic rings. The van der Waals surface area contributed by atoms with Crippen molar-refractivity contribution < 1.29 is 4.74 Å². The van der Waals surface area contributed by atoms with Gasteiger partial charge in [-0.2, -0.15) is 9.61 Å². The van der Waals surface area contributed by atoms with Gasteiger partial charge in [0, 0.05) is 12.3 Å². The van der Waals surface area contributed by atoms with Gasteiger partial charge >= 0.3 is 0 Å². The van der Waals surface area contributed by atoms with Gasteiger partial charge in [0.2, 0.25) is 4.96 Å². The second-order valence-corrected chi connectivity index (χ2v) is 6.47. The van der Waals surface area contributed by atoms with Gasteiger partial charge in [0.25, 0.3) is 0 Å². The summed E-state index contributed by atoms with van der Waals surface area (Å²) in [6.45, 7) is 2.70. The summed E-state index contributed by atoms with van der Waals surface area (Å²) in [5.41, 5.74) is 1.24. The zero-order valence-corrected chi connectivity index (χ0v) is 12.6. The predicted molar refractivity (Wildman–Crippen MR) is 81.0 cm³/mol. The molecule has 0 N–H and O–H groups in total. The van der Waals surface area contributed by atoms with Gasteiger partial charge in [0.1, 0.15) is 10.8 Å². The fraction of sp³-hybridized carbons (Fsp3) is 0.400. The molecular weight excluding hydrogens is 284 g/mol. The van der Waals surface area contributed by atoms with Crippen LogP contribution in [0.15, 0.2) is 24.3 Å². The van der Waals surface area contributed by atoms with Crippen molar-refractivity contribution in [3.8, 4) is 5.75 Å². The van der Waals surface area contributed by atoms with Gasteiger partial charge in [0.05, 0.1) is 6.61 Å². The molecule has 0 spiro atoms. The van der Waals surface area contributed by atoms with E-state index in [9.17, 15) is 0 Å². The van der Waals surface area contributed by atoms with Gasteiger partial charge in [-0.05, 0) is 31.9 Å². The molecule has 1 fully saturated rings. The lowest BCUT2D eigenvalue weighted by Gasteiger charge is -2.04. The summed E-state index contributed by atoms with van der Waals surface area (Å²) < 4.78 is 7.66. The van der Waals surface area contributed by atoms with Gasteiger partial charge in [-0.1, -0.05) is 29.0 Å². The highest BCUT2D eigenvalue weighted by Gasteiger charge is 2.29. The molecule has 0 radical (unpaired) electrons. The first-order chi connectivity index (χ1) is 10.3. The number of benzene rings is 1. The molecule has 2 heterocycles. The molecule has 2 aromatic heterocycles. The van der Waals surface area contributed by atoms with E-state index in [0.717, 1.165) is 28.0 Å². The third kappa shape index (κ3) is 2.63. The van der Waals surface area contributed by atoms with Crippen LogP contribution in [0.1, 0.15) is 35.2 Å². The van der Waals surface area contributed by atoms with Crippen molar-refractivity contribution in [2.75, 3.05) is 6.61 Å². The molecular formula is C15H16N4OS. The average molecular weight is 300 g/mol. The Labute approximate surface area is 126 Å². The maximum absolute atomic E-state index is 5.75. The number of aryl methyl sites for hydroxylation is 1. The lowest BCUT2D eigenvalue weighted by Crippen LogP contribution is -2.02. The molecule has 0 atom stereocenters. The third-order valence-corrected chi connectivity index (χ3v) is 4.56. The molecule has 6 heteroatoms. The second-order valence-electron chi connectivity index (χ2n) is 5.43. The van der Waals surface area contributed by atoms with E-state index < -0.39 is 0 Å². The van der Waals surface area contributed by atoms with Gasteiger partial charge < -0.3 is 4.74 Å². The highest BCUT2D eigenvalue weighted by Crippen LogP contribution is 2.39. The van der Waals surface area contributed by atoms with Crippen LogP contribution in [0.2, 0.25) is 0 Å². The standard InChI is InChI=1S/C15H16N4OS/c1-10-2-6-12(7-3-10)20-9-8-13-18-19-14(11-4-5-11)16-17-15(19)21-13/h2-3,6-7,11H,4-5,8-9H2,1H3.